The topological polar surface area (TPSA) is 96.2 Å². The molecule has 0 aromatic heterocycles. The summed E-state index contributed by atoms with van der Waals surface area (Å²) < 4.78 is 2.73. The highest BCUT2D eigenvalue weighted by molar-refractivity contribution is 7.78. The SMILES string of the molecule is N[C@H](CCc1ccccc1)C(=O)NNC(=O)c1ccc(CNS)cc1. The largest absolute Gasteiger partial charge is 0.320 e. The molecule has 0 fully saturated rings. The summed E-state index contributed by atoms with van der Waals surface area (Å²) in [7, 11) is 0. The van der Waals surface area contributed by atoms with E-state index in [4.69, 9.17) is 5.73 Å². The highest BCUT2D eigenvalue weighted by Gasteiger charge is 2.14. The van der Waals surface area contributed by atoms with Gasteiger partial charge in [-0.1, -0.05) is 55.3 Å². The number of rotatable bonds is 7. The molecule has 1 atom stereocenters. The Kier molecular flexibility index (Phi) is 7.46. The predicted octanol–water partition coefficient (Wildman–Crippen LogP) is 1.34. The first-order valence-corrected chi connectivity index (χ1v) is 8.40. The fourth-order valence-electron chi connectivity index (χ4n) is 2.25. The summed E-state index contributed by atoms with van der Waals surface area (Å²) in [6, 6.07) is 16.1. The van der Waals surface area contributed by atoms with Crippen molar-refractivity contribution in [1.82, 2.24) is 15.6 Å². The molecule has 5 N–H and O–H groups in total. The van der Waals surface area contributed by atoms with Gasteiger partial charge in [0.2, 0.25) is 0 Å². The molecule has 2 rings (SSSR count). The molecule has 0 bridgehead atoms. The first-order chi connectivity index (χ1) is 12.1. The fourth-order valence-corrected chi connectivity index (χ4v) is 2.43. The molecule has 6 nitrogen and oxygen atoms in total. The van der Waals surface area contributed by atoms with Crippen molar-refractivity contribution in [3.05, 3.63) is 71.3 Å². The Hall–Kier alpha value is -2.35. The Bertz CT molecular complexity index is 692. The molecule has 25 heavy (non-hydrogen) atoms. The van der Waals surface area contributed by atoms with E-state index in [0.717, 1.165) is 11.1 Å². The van der Waals surface area contributed by atoms with Gasteiger partial charge in [-0.05, 0) is 36.1 Å². The van der Waals surface area contributed by atoms with E-state index in [2.05, 4.69) is 28.4 Å². The number of thiol groups is 1. The van der Waals surface area contributed by atoms with Crippen LogP contribution in [0.1, 0.15) is 27.9 Å². The predicted molar refractivity (Wildman–Crippen MR) is 101 cm³/mol. The van der Waals surface area contributed by atoms with Crippen molar-refractivity contribution in [1.29, 1.82) is 0 Å². The third-order valence-corrected chi connectivity index (χ3v) is 3.88. The number of hydrogen-bond donors (Lipinski definition) is 5. The molecule has 0 aliphatic rings. The molecule has 132 valence electrons. The average Bonchev–Trinajstić information content (AvgIpc) is 2.65. The highest BCUT2D eigenvalue weighted by Crippen LogP contribution is 2.05. The number of benzene rings is 2. The zero-order chi connectivity index (χ0) is 18.1. The van der Waals surface area contributed by atoms with Gasteiger partial charge in [0.1, 0.15) is 0 Å². The van der Waals surface area contributed by atoms with Crippen LogP contribution in [0.2, 0.25) is 0 Å². The van der Waals surface area contributed by atoms with E-state index >= 15 is 0 Å². The zero-order valence-electron chi connectivity index (χ0n) is 13.7. The second-order valence-electron chi connectivity index (χ2n) is 5.61. The van der Waals surface area contributed by atoms with E-state index in [1.54, 1.807) is 12.1 Å². The van der Waals surface area contributed by atoms with Gasteiger partial charge in [-0.3, -0.25) is 25.2 Å². The lowest BCUT2D eigenvalue weighted by Crippen LogP contribution is -2.49. The van der Waals surface area contributed by atoms with Crippen molar-refractivity contribution in [2.75, 3.05) is 0 Å². The van der Waals surface area contributed by atoms with Gasteiger partial charge in [-0.2, -0.15) is 0 Å². The Balaban J connectivity index is 1.77. The molecule has 2 aromatic rings. The monoisotopic (exact) mass is 358 g/mol. The van der Waals surface area contributed by atoms with Crippen molar-refractivity contribution in [3.63, 3.8) is 0 Å². The minimum atomic E-state index is -0.690. The lowest BCUT2D eigenvalue weighted by Gasteiger charge is -2.13. The van der Waals surface area contributed by atoms with Gasteiger partial charge < -0.3 is 5.73 Å². The Morgan fingerprint density at radius 3 is 2.28 bits per heavy atom. The van der Waals surface area contributed by atoms with E-state index in [9.17, 15) is 9.59 Å². The number of nitrogens with one attached hydrogen (secondary N) is 3. The van der Waals surface area contributed by atoms with Crippen molar-refractivity contribution in [3.8, 4) is 0 Å². The standard InChI is InChI=1S/C18H22N4O2S/c19-16(11-8-13-4-2-1-3-5-13)18(24)22-21-17(23)15-9-6-14(7-10-15)12-20-25/h1-7,9-10,16,20,25H,8,11-12,19H2,(H,21,23)(H,22,24)/t16-/m1/s1. The molecule has 0 heterocycles. The molecule has 0 aliphatic carbocycles. The minimum absolute atomic E-state index is 0.394. The molecule has 0 aliphatic heterocycles. The first kappa shape index (κ1) is 19.0. The number of carbonyl (C=O) groups is 2. The molecule has 0 saturated carbocycles. The van der Waals surface area contributed by atoms with Crippen LogP contribution in [0, 0.1) is 0 Å². The van der Waals surface area contributed by atoms with Crippen LogP contribution in [0.15, 0.2) is 54.6 Å². The van der Waals surface area contributed by atoms with Crippen LogP contribution < -0.4 is 21.3 Å². The number of aryl methyl sites for hydroxylation is 1. The molecule has 2 aromatic carbocycles. The summed E-state index contributed by atoms with van der Waals surface area (Å²) in [5, 5.41) is 0. The molecule has 0 radical (unpaired) electrons. The maximum atomic E-state index is 12.0. The van der Waals surface area contributed by atoms with Gasteiger partial charge in [0.15, 0.2) is 0 Å². The lowest BCUT2D eigenvalue weighted by atomic mass is 10.1. The van der Waals surface area contributed by atoms with Gasteiger partial charge in [-0.25, -0.2) is 0 Å². The average molecular weight is 358 g/mol. The maximum absolute atomic E-state index is 12.0. The highest BCUT2D eigenvalue weighted by atomic mass is 32.1. The Morgan fingerprint density at radius 1 is 0.960 bits per heavy atom. The van der Waals surface area contributed by atoms with Crippen molar-refractivity contribution in [2.45, 2.75) is 25.4 Å². The smallest absolute Gasteiger partial charge is 0.269 e. The van der Waals surface area contributed by atoms with Gasteiger partial charge in [-0.15, -0.1) is 0 Å². The third-order valence-electron chi connectivity index (χ3n) is 3.72. The van der Waals surface area contributed by atoms with Crippen LogP contribution in [-0.2, 0) is 17.8 Å². The van der Waals surface area contributed by atoms with Crippen LogP contribution >= 0.6 is 12.8 Å². The quantitative estimate of drug-likeness (QED) is 0.381. The summed E-state index contributed by atoms with van der Waals surface area (Å²) in [5.41, 5.74) is 13.2. The van der Waals surface area contributed by atoms with Crippen molar-refractivity contribution in [2.24, 2.45) is 5.73 Å². The number of carbonyl (C=O) groups excluding carboxylic acids is 2. The number of nitrogens with two attached hydrogens (primary N) is 1. The molecule has 0 spiro atoms. The summed E-state index contributed by atoms with van der Waals surface area (Å²) in [5.74, 6) is -0.811. The fraction of sp³-hybridized carbons (Fsp3) is 0.222. The molecule has 2 amide bonds. The van der Waals surface area contributed by atoms with Gasteiger partial charge in [0, 0.05) is 12.1 Å². The normalized spacial score (nSPS) is 11.6. The van der Waals surface area contributed by atoms with Crippen molar-refractivity contribution >= 4 is 24.6 Å². The molecule has 7 heteroatoms. The van der Waals surface area contributed by atoms with Crippen LogP contribution in [0.4, 0.5) is 0 Å². The Morgan fingerprint density at radius 2 is 1.64 bits per heavy atom. The molecule has 0 unspecified atom stereocenters. The molecule has 0 saturated heterocycles. The maximum Gasteiger partial charge on any atom is 0.269 e. The van der Waals surface area contributed by atoms with Crippen LogP contribution in [0.5, 0.6) is 0 Å². The van der Waals surface area contributed by atoms with E-state index in [1.807, 2.05) is 42.5 Å². The number of hydrogen-bond acceptors (Lipinski definition) is 5. The molecular weight excluding hydrogens is 336 g/mol. The van der Waals surface area contributed by atoms with Gasteiger partial charge in [0.05, 0.1) is 6.04 Å². The van der Waals surface area contributed by atoms with Crippen LogP contribution in [0.3, 0.4) is 0 Å². The zero-order valence-corrected chi connectivity index (χ0v) is 14.6. The first-order valence-electron chi connectivity index (χ1n) is 7.95. The molecular formula is C18H22N4O2S. The van der Waals surface area contributed by atoms with E-state index in [-0.39, 0.29) is 0 Å². The second-order valence-corrected chi connectivity index (χ2v) is 5.92. The van der Waals surface area contributed by atoms with E-state index < -0.39 is 17.9 Å². The van der Waals surface area contributed by atoms with Gasteiger partial charge >= 0.3 is 0 Å². The van der Waals surface area contributed by atoms with E-state index in [1.165, 1.54) is 0 Å². The lowest BCUT2D eigenvalue weighted by molar-refractivity contribution is -0.123. The second kappa shape index (κ2) is 9.83. The Labute approximate surface area is 152 Å². The summed E-state index contributed by atoms with van der Waals surface area (Å²) in [6.07, 6.45) is 1.20. The summed E-state index contributed by atoms with van der Waals surface area (Å²) >= 11 is 3.93. The van der Waals surface area contributed by atoms with Crippen molar-refractivity contribution < 1.29 is 9.59 Å². The number of hydrazine groups is 1. The summed E-state index contributed by atoms with van der Waals surface area (Å²) in [4.78, 5) is 24.0. The minimum Gasteiger partial charge on any atom is -0.320 e. The third kappa shape index (κ3) is 6.22. The van der Waals surface area contributed by atoms with Gasteiger partial charge in [0.25, 0.3) is 11.8 Å². The van der Waals surface area contributed by atoms with E-state index in [0.29, 0.717) is 24.9 Å². The number of amides is 2. The van der Waals surface area contributed by atoms with Crippen LogP contribution in [0.25, 0.3) is 0 Å². The summed E-state index contributed by atoms with van der Waals surface area (Å²) in [6.45, 7) is 0.595. The van der Waals surface area contributed by atoms with Crippen LogP contribution in [-0.4, -0.2) is 17.9 Å².